The van der Waals surface area contributed by atoms with Gasteiger partial charge in [-0.25, -0.2) is 18.4 Å². The number of amides is 2. The van der Waals surface area contributed by atoms with Gasteiger partial charge in [-0.1, -0.05) is 24.3 Å². The third kappa shape index (κ3) is 8.57. The highest BCUT2D eigenvalue weighted by Crippen LogP contribution is 2.24. The number of fused-ring (bicyclic) bond motifs is 2. The maximum atomic E-state index is 14.0. The lowest BCUT2D eigenvalue weighted by Crippen LogP contribution is -2.37. The molecule has 0 bridgehead atoms. The molecule has 1 fully saturated rings. The largest absolute Gasteiger partial charge is 0.351 e. The minimum atomic E-state index is -4.00. The SMILES string of the molecule is Cc1nc2cc(CS(=O)(=O)c3ccc(C(=O)NCc4ccn5ccnc5c4)cc3C#Cc3ccc(C(=O)NCCN4CCCCC4)cc3)ccc2c(=O)[nH]1. The number of pyridine rings is 1. The fourth-order valence-corrected chi connectivity index (χ4v) is 8.03. The van der Waals surface area contributed by atoms with Crippen molar-refractivity contribution in [3.63, 3.8) is 0 Å². The average Bonchev–Trinajstić information content (AvgIpc) is 3.64. The molecule has 7 rings (SSSR count). The summed E-state index contributed by atoms with van der Waals surface area (Å²) in [5.74, 6) is 5.47. The van der Waals surface area contributed by atoms with Gasteiger partial charge in [0.25, 0.3) is 17.4 Å². The fraction of sp³-hybridized carbons (Fsp3) is 0.244. The number of H-pyrrole nitrogens is 1. The summed E-state index contributed by atoms with van der Waals surface area (Å²) in [4.78, 5) is 52.1. The van der Waals surface area contributed by atoms with Crippen molar-refractivity contribution < 1.29 is 18.0 Å². The Morgan fingerprint density at radius 2 is 1.63 bits per heavy atom. The highest BCUT2D eigenvalue weighted by atomic mass is 32.2. The molecule has 0 spiro atoms. The molecule has 6 aromatic rings. The molecule has 0 atom stereocenters. The van der Waals surface area contributed by atoms with Gasteiger partial charge in [0.1, 0.15) is 11.5 Å². The highest BCUT2D eigenvalue weighted by Gasteiger charge is 2.21. The van der Waals surface area contributed by atoms with Gasteiger partial charge in [-0.05, 0) is 111 Å². The minimum Gasteiger partial charge on any atom is -0.351 e. The molecule has 3 N–H and O–H groups in total. The summed E-state index contributed by atoms with van der Waals surface area (Å²) in [6.07, 6.45) is 9.02. The molecule has 4 heterocycles. The number of hydrogen-bond donors (Lipinski definition) is 3. The fourth-order valence-electron chi connectivity index (χ4n) is 6.53. The number of piperidine rings is 1. The second kappa shape index (κ2) is 15.9. The molecular formula is C41H39N7O5S. The quantitative estimate of drug-likeness (QED) is 0.175. The lowest BCUT2D eigenvalue weighted by atomic mass is 10.1. The first-order valence-electron chi connectivity index (χ1n) is 17.8. The second-order valence-corrected chi connectivity index (χ2v) is 15.3. The maximum Gasteiger partial charge on any atom is 0.258 e. The minimum absolute atomic E-state index is 0.0452. The highest BCUT2D eigenvalue weighted by molar-refractivity contribution is 7.90. The standard InChI is InChI=1S/C41H39N7O5S/c1-28-45-36-23-31(8-13-35(36)41(51)46-28)27-54(52,53)37-14-12-34(40(50)44-26-30-15-20-48-22-17-42-38(48)24-30)25-33(37)11-7-29-5-9-32(10-6-29)39(49)43-16-21-47-18-3-2-4-19-47/h5-6,8-10,12-15,17,20,22-25H,2-4,16,18-19,21,26-27H2,1H3,(H,43,49)(H,44,50)(H,45,46,51). The number of aryl methyl sites for hydroxylation is 1. The van der Waals surface area contributed by atoms with E-state index in [2.05, 4.69) is 42.3 Å². The van der Waals surface area contributed by atoms with Crippen LogP contribution in [-0.4, -0.2) is 70.7 Å². The van der Waals surface area contributed by atoms with E-state index in [1.165, 1.54) is 37.5 Å². The molecule has 1 aliphatic rings. The number of likely N-dealkylation sites (tertiary alicyclic amines) is 1. The van der Waals surface area contributed by atoms with Gasteiger partial charge in [-0.15, -0.1) is 0 Å². The van der Waals surface area contributed by atoms with Crippen molar-refractivity contribution in [2.45, 2.75) is 43.4 Å². The third-order valence-electron chi connectivity index (χ3n) is 9.39. The number of aromatic amines is 1. The molecule has 1 saturated heterocycles. The maximum absolute atomic E-state index is 14.0. The first kappa shape index (κ1) is 36.3. The van der Waals surface area contributed by atoms with E-state index in [0.29, 0.717) is 40.0 Å². The molecule has 3 aromatic heterocycles. The van der Waals surface area contributed by atoms with Gasteiger partial charge in [0, 0.05) is 60.5 Å². The van der Waals surface area contributed by atoms with E-state index >= 15 is 0 Å². The average molecular weight is 742 g/mol. The monoisotopic (exact) mass is 741 g/mol. The summed E-state index contributed by atoms with van der Waals surface area (Å²) in [6.45, 7) is 5.40. The predicted molar refractivity (Wildman–Crippen MR) is 206 cm³/mol. The van der Waals surface area contributed by atoms with Crippen LogP contribution in [0.25, 0.3) is 16.6 Å². The molecular weight excluding hydrogens is 703 g/mol. The molecule has 274 valence electrons. The van der Waals surface area contributed by atoms with Gasteiger partial charge in [-0.3, -0.25) is 14.4 Å². The van der Waals surface area contributed by atoms with Crippen LogP contribution in [0, 0.1) is 18.8 Å². The van der Waals surface area contributed by atoms with Gasteiger partial charge in [0.2, 0.25) is 0 Å². The summed E-state index contributed by atoms with van der Waals surface area (Å²) in [7, 11) is -4.00. The number of aromatic nitrogens is 4. The van der Waals surface area contributed by atoms with Crippen LogP contribution in [0.3, 0.4) is 0 Å². The number of benzene rings is 3. The molecule has 1 aliphatic heterocycles. The van der Waals surface area contributed by atoms with Crippen LogP contribution in [0.5, 0.6) is 0 Å². The first-order chi connectivity index (χ1) is 26.1. The Morgan fingerprint density at radius 3 is 2.44 bits per heavy atom. The molecule has 0 radical (unpaired) electrons. The second-order valence-electron chi connectivity index (χ2n) is 13.4. The van der Waals surface area contributed by atoms with E-state index in [1.54, 1.807) is 55.6 Å². The van der Waals surface area contributed by atoms with E-state index in [4.69, 9.17) is 0 Å². The number of imidazole rings is 1. The Morgan fingerprint density at radius 1 is 0.852 bits per heavy atom. The van der Waals surface area contributed by atoms with Crippen LogP contribution in [0.15, 0.2) is 101 Å². The van der Waals surface area contributed by atoms with E-state index in [9.17, 15) is 22.8 Å². The van der Waals surface area contributed by atoms with Crippen molar-refractivity contribution in [2.24, 2.45) is 0 Å². The smallest absolute Gasteiger partial charge is 0.258 e. The van der Waals surface area contributed by atoms with Crippen LogP contribution >= 0.6 is 0 Å². The van der Waals surface area contributed by atoms with Crippen LogP contribution in [0.4, 0.5) is 0 Å². The summed E-state index contributed by atoms with van der Waals surface area (Å²) < 4.78 is 29.8. The Kier molecular flexibility index (Phi) is 10.7. The van der Waals surface area contributed by atoms with Crippen molar-refractivity contribution in [3.8, 4) is 11.8 Å². The van der Waals surface area contributed by atoms with Crippen LogP contribution in [0.2, 0.25) is 0 Å². The van der Waals surface area contributed by atoms with Crippen molar-refractivity contribution in [1.29, 1.82) is 0 Å². The lowest BCUT2D eigenvalue weighted by Gasteiger charge is -2.26. The number of sulfone groups is 1. The zero-order chi connectivity index (χ0) is 37.7. The predicted octanol–water partition coefficient (Wildman–Crippen LogP) is 4.40. The molecule has 0 aliphatic carbocycles. The number of carbonyl (C=O) groups is 2. The zero-order valence-corrected chi connectivity index (χ0v) is 30.6. The molecule has 3 aromatic carbocycles. The first-order valence-corrected chi connectivity index (χ1v) is 19.5. The van der Waals surface area contributed by atoms with Crippen molar-refractivity contribution in [2.75, 3.05) is 26.2 Å². The molecule has 0 unspecified atom stereocenters. The Labute approximate surface area is 312 Å². The van der Waals surface area contributed by atoms with Crippen LogP contribution < -0.4 is 16.2 Å². The van der Waals surface area contributed by atoms with Gasteiger partial charge < -0.3 is 24.9 Å². The Hall–Kier alpha value is -6.10. The Bertz CT molecular complexity index is 2600. The number of hydrogen-bond acceptors (Lipinski definition) is 8. The van der Waals surface area contributed by atoms with E-state index in [0.717, 1.165) is 30.8 Å². The molecule has 2 amide bonds. The van der Waals surface area contributed by atoms with E-state index in [-0.39, 0.29) is 39.8 Å². The molecule has 0 saturated carbocycles. The van der Waals surface area contributed by atoms with Crippen LogP contribution in [0.1, 0.15) is 68.1 Å². The van der Waals surface area contributed by atoms with Gasteiger partial charge in [-0.2, -0.15) is 0 Å². The van der Waals surface area contributed by atoms with Crippen molar-refractivity contribution in [1.82, 2.24) is 34.9 Å². The normalized spacial score (nSPS) is 13.4. The topological polar surface area (TPSA) is 159 Å². The molecule has 54 heavy (non-hydrogen) atoms. The van der Waals surface area contributed by atoms with Crippen molar-refractivity contribution >= 4 is 38.2 Å². The lowest BCUT2D eigenvalue weighted by molar-refractivity contribution is 0.0940. The van der Waals surface area contributed by atoms with Gasteiger partial charge in [0.15, 0.2) is 9.84 Å². The van der Waals surface area contributed by atoms with Crippen LogP contribution in [-0.2, 0) is 22.1 Å². The third-order valence-corrected chi connectivity index (χ3v) is 11.1. The number of nitrogens with zero attached hydrogens (tertiary/aromatic N) is 4. The zero-order valence-electron chi connectivity index (χ0n) is 29.8. The summed E-state index contributed by atoms with van der Waals surface area (Å²) in [5, 5.41) is 6.23. The summed E-state index contributed by atoms with van der Waals surface area (Å²) in [5.41, 5.74) is 3.57. The molecule has 12 nitrogen and oxygen atoms in total. The Balaban J connectivity index is 1.12. The van der Waals surface area contributed by atoms with Gasteiger partial charge >= 0.3 is 0 Å². The van der Waals surface area contributed by atoms with Crippen molar-refractivity contribution in [3.05, 3.63) is 141 Å². The number of carbonyl (C=O) groups excluding carboxylic acids is 2. The van der Waals surface area contributed by atoms with E-state index in [1.807, 2.05) is 28.9 Å². The number of rotatable bonds is 10. The summed E-state index contributed by atoms with van der Waals surface area (Å²) in [6, 6.07) is 19.6. The summed E-state index contributed by atoms with van der Waals surface area (Å²) >= 11 is 0. The molecule has 13 heteroatoms. The number of nitrogens with one attached hydrogen (secondary N) is 3. The van der Waals surface area contributed by atoms with E-state index < -0.39 is 15.7 Å². The van der Waals surface area contributed by atoms with Gasteiger partial charge in [0.05, 0.1) is 21.6 Å².